The minimum Gasteiger partial charge on any atom is -0.309 e. The van der Waals surface area contributed by atoms with Gasteiger partial charge in [0.2, 0.25) is 0 Å². The van der Waals surface area contributed by atoms with Crippen molar-refractivity contribution < 1.29 is 0 Å². The quantitative estimate of drug-likeness (QED) is 0.0989. The summed E-state index contributed by atoms with van der Waals surface area (Å²) in [5.41, 5.74) is 11.5. The van der Waals surface area contributed by atoms with Gasteiger partial charge in [0.05, 0.1) is 34.7 Å². The van der Waals surface area contributed by atoms with E-state index in [-0.39, 0.29) is 0 Å². The summed E-state index contributed by atoms with van der Waals surface area (Å²) in [7, 11) is 0. The average molecular weight is 632 g/mol. The predicted molar refractivity (Wildman–Crippen MR) is 206 cm³/mol. The maximum absolute atomic E-state index is 7.79. The van der Waals surface area contributed by atoms with Crippen LogP contribution in [0.2, 0.25) is 0 Å². The number of benzene rings is 3. The lowest BCUT2D eigenvalue weighted by atomic mass is 9.99. The Bertz CT molecular complexity index is 2390. The van der Waals surface area contributed by atoms with Crippen molar-refractivity contribution in [2.24, 2.45) is 9.98 Å². The van der Waals surface area contributed by atoms with E-state index in [9.17, 15) is 0 Å². The first kappa shape index (κ1) is 30.9. The average Bonchev–Trinajstić information content (AvgIpc) is 3.62. The van der Waals surface area contributed by atoms with Crippen molar-refractivity contribution in [3.63, 3.8) is 0 Å². The van der Waals surface area contributed by atoms with Crippen LogP contribution < -0.4 is 0 Å². The van der Waals surface area contributed by atoms with Crippen LogP contribution >= 0.6 is 0 Å². The second kappa shape index (κ2) is 13.2. The van der Waals surface area contributed by atoms with Gasteiger partial charge in [-0.25, -0.2) is 4.99 Å². The molecule has 0 spiro atoms. The van der Waals surface area contributed by atoms with Gasteiger partial charge in [-0.1, -0.05) is 67.1 Å². The van der Waals surface area contributed by atoms with E-state index in [2.05, 4.69) is 107 Å². The van der Waals surface area contributed by atoms with E-state index < -0.39 is 0 Å². The summed E-state index contributed by atoms with van der Waals surface area (Å²) >= 11 is 0. The summed E-state index contributed by atoms with van der Waals surface area (Å²) in [6.07, 6.45) is 18.8. The van der Waals surface area contributed by atoms with E-state index in [1.165, 1.54) is 11.6 Å². The summed E-state index contributed by atoms with van der Waals surface area (Å²) in [5, 5.41) is 10.1. The Morgan fingerprint density at radius 1 is 0.898 bits per heavy atom. The molecule has 2 aromatic heterocycles. The Morgan fingerprint density at radius 3 is 2.35 bits per heavy atom. The molecule has 0 atom stereocenters. The third-order valence-corrected chi connectivity index (χ3v) is 8.78. The van der Waals surface area contributed by atoms with Gasteiger partial charge in [-0.15, -0.1) is 6.42 Å². The van der Waals surface area contributed by atoms with E-state index in [1.54, 1.807) is 12.2 Å². The summed E-state index contributed by atoms with van der Waals surface area (Å²) in [6.45, 7) is 8.31. The standard InChI is InChI=1S/C44H33N5/c1-5-8-16-39-30(4)36(7-3)40(13-6-2)48(39)34-25-21-32(22-26-34)44-46-29-33(27-28-45)43(47-44)31-19-23-35(24-20-31)49-41-17-11-9-14-37(41)38-15-10-12-18-42(38)49/h3,5-6,8-11,13-17,19-28,45H,1,29H2,2,4H3/b13-6-,16-8-,33-27+,45-28?. The third-order valence-electron chi connectivity index (χ3n) is 8.78. The molecule has 5 heteroatoms. The largest absolute Gasteiger partial charge is 0.309 e. The molecule has 0 radical (unpaired) electrons. The normalized spacial score (nSPS) is 13.9. The number of nitrogens with zero attached hydrogens (tertiary/aromatic N) is 4. The van der Waals surface area contributed by atoms with Gasteiger partial charge >= 0.3 is 0 Å². The number of para-hydroxylation sites is 1. The zero-order valence-corrected chi connectivity index (χ0v) is 27.4. The van der Waals surface area contributed by atoms with Crippen LogP contribution in [0, 0.1) is 36.8 Å². The molecule has 0 aliphatic carbocycles. The highest BCUT2D eigenvalue weighted by Crippen LogP contribution is 2.32. The van der Waals surface area contributed by atoms with Gasteiger partial charge < -0.3 is 14.5 Å². The van der Waals surface area contributed by atoms with E-state index >= 15 is 0 Å². The molecule has 0 bridgehead atoms. The van der Waals surface area contributed by atoms with Gasteiger partial charge in [0, 0.05) is 45.1 Å². The number of allylic oxidation sites excluding steroid dienone is 4. The highest BCUT2D eigenvalue weighted by Gasteiger charge is 2.20. The van der Waals surface area contributed by atoms with Crippen molar-refractivity contribution in [3.05, 3.63) is 167 Å². The van der Waals surface area contributed by atoms with Gasteiger partial charge in [0.1, 0.15) is 5.52 Å². The first-order chi connectivity index (χ1) is 24.1. The zero-order chi connectivity index (χ0) is 33.9. The summed E-state index contributed by atoms with van der Waals surface area (Å²) in [4.78, 5) is 9.88. The lowest BCUT2D eigenvalue weighted by Gasteiger charge is -2.17. The van der Waals surface area contributed by atoms with Gasteiger partial charge in [0.15, 0.2) is 5.84 Å². The van der Waals surface area contributed by atoms with Gasteiger partial charge in [-0.2, -0.15) is 0 Å². The lowest BCUT2D eigenvalue weighted by Crippen LogP contribution is -2.17. The van der Waals surface area contributed by atoms with Crippen molar-refractivity contribution in [3.8, 4) is 23.7 Å². The van der Waals surface area contributed by atoms with Crippen LogP contribution in [-0.2, 0) is 0 Å². The molecule has 4 aromatic carbocycles. The molecule has 1 aliphatic rings. The van der Waals surface area contributed by atoms with Crippen LogP contribution in [0.25, 0.3) is 45.3 Å². The molecule has 7 rings (SSSR count). The molecular weight excluding hydrogens is 599 g/mol. The fourth-order valence-corrected chi connectivity index (χ4v) is 6.54. The molecule has 6 aromatic rings. The molecule has 49 heavy (non-hydrogen) atoms. The van der Waals surface area contributed by atoms with Crippen LogP contribution in [-0.4, -0.2) is 33.4 Å². The van der Waals surface area contributed by atoms with Crippen LogP contribution in [0.5, 0.6) is 0 Å². The number of aromatic nitrogens is 2. The Kier molecular flexibility index (Phi) is 8.33. The van der Waals surface area contributed by atoms with E-state index in [0.717, 1.165) is 72.7 Å². The molecule has 0 amide bonds. The van der Waals surface area contributed by atoms with Crippen LogP contribution in [0.4, 0.5) is 0 Å². The summed E-state index contributed by atoms with van der Waals surface area (Å²) in [6, 6.07) is 35.5. The molecule has 0 fully saturated rings. The predicted octanol–water partition coefficient (Wildman–Crippen LogP) is 9.52. The van der Waals surface area contributed by atoms with Crippen molar-refractivity contribution in [2.75, 3.05) is 6.54 Å². The van der Waals surface area contributed by atoms with Gasteiger partial charge in [-0.3, -0.25) is 4.99 Å². The van der Waals surface area contributed by atoms with Crippen LogP contribution in [0.1, 0.15) is 40.6 Å². The Balaban J connectivity index is 1.26. The Morgan fingerprint density at radius 2 is 1.63 bits per heavy atom. The minimum atomic E-state index is 0.426. The smallest absolute Gasteiger partial charge is 0.155 e. The van der Waals surface area contributed by atoms with E-state index in [1.807, 2.05) is 49.4 Å². The number of terminal acetylenes is 1. The SMILES string of the molecule is C#Cc1c(C)c(/C=C\C=C)n(-c2ccc(C3=NC/C(=C\C=N)C(c4ccc(-n5c6c#cccc6c6ccccc65)cc4)=N3)cc2)c1/C=C\C. The molecule has 234 valence electrons. The molecule has 5 nitrogen and oxygen atoms in total. The molecule has 0 unspecified atom stereocenters. The molecular formula is C44H33N5. The zero-order valence-electron chi connectivity index (χ0n) is 27.4. The second-order valence-electron chi connectivity index (χ2n) is 11.6. The van der Waals surface area contributed by atoms with Crippen molar-refractivity contribution in [1.82, 2.24) is 9.13 Å². The molecule has 0 saturated carbocycles. The highest BCUT2D eigenvalue weighted by molar-refractivity contribution is 6.22. The second-order valence-corrected chi connectivity index (χ2v) is 11.6. The maximum atomic E-state index is 7.79. The number of rotatable bonds is 8. The fraction of sp³-hybridized carbons (Fsp3) is 0.0682. The number of amidine groups is 1. The van der Waals surface area contributed by atoms with Crippen molar-refractivity contribution >= 4 is 51.7 Å². The van der Waals surface area contributed by atoms with E-state index in [4.69, 9.17) is 21.8 Å². The molecule has 0 saturated heterocycles. The van der Waals surface area contributed by atoms with Gasteiger partial charge in [0.25, 0.3) is 0 Å². The number of nitrogens with one attached hydrogen (secondary N) is 1. The first-order valence-electron chi connectivity index (χ1n) is 16.1. The van der Waals surface area contributed by atoms with Gasteiger partial charge in [-0.05, 0) is 98.3 Å². The van der Waals surface area contributed by atoms with Crippen molar-refractivity contribution in [1.29, 1.82) is 5.41 Å². The topological polar surface area (TPSA) is 58.4 Å². The summed E-state index contributed by atoms with van der Waals surface area (Å²) in [5.74, 6) is 3.53. The first-order valence-corrected chi connectivity index (χ1v) is 16.1. The maximum Gasteiger partial charge on any atom is 0.155 e. The Hall–Kier alpha value is -6.69. The molecule has 3 heterocycles. The number of hydrogen-bond donors (Lipinski definition) is 1. The highest BCUT2D eigenvalue weighted by atomic mass is 15.0. The van der Waals surface area contributed by atoms with Crippen molar-refractivity contribution in [2.45, 2.75) is 13.8 Å². The third kappa shape index (κ3) is 5.44. The fourth-order valence-electron chi connectivity index (χ4n) is 6.54. The van der Waals surface area contributed by atoms with E-state index in [0.29, 0.717) is 12.4 Å². The Labute approximate surface area is 286 Å². The molecule has 1 N–H and O–H groups in total. The summed E-state index contributed by atoms with van der Waals surface area (Å²) < 4.78 is 4.39. The van der Waals surface area contributed by atoms with Crippen LogP contribution in [0.3, 0.4) is 0 Å². The number of fused-ring (bicyclic) bond motifs is 3. The minimum absolute atomic E-state index is 0.426. The number of hydrogen-bond acceptors (Lipinski definition) is 3. The number of aliphatic imine (C=N–C) groups is 2. The lowest BCUT2D eigenvalue weighted by molar-refractivity contribution is 1.04. The monoisotopic (exact) mass is 631 g/mol. The molecule has 1 aliphatic heterocycles. The van der Waals surface area contributed by atoms with Crippen LogP contribution in [0.15, 0.2) is 131 Å².